The van der Waals surface area contributed by atoms with Crippen molar-refractivity contribution in [3.8, 4) is 34.4 Å². The van der Waals surface area contributed by atoms with Crippen molar-refractivity contribution in [2.24, 2.45) is 0 Å². The SMILES string of the molecule is CC1(C)c2cc(N(c3ccccc3)c3ccc(C#N)cc3)ccc2-c2cc3ccc(N(c4ccc(C#N)cc4)c4ccc(-c5ccccc5)cc4)cc3cc21. The van der Waals surface area contributed by atoms with Crippen molar-refractivity contribution in [2.75, 3.05) is 9.80 Å². The van der Waals surface area contributed by atoms with E-state index < -0.39 is 0 Å². The molecule has 9 rings (SSSR count). The first kappa shape index (κ1) is 33.4. The molecule has 55 heavy (non-hydrogen) atoms. The molecule has 0 atom stereocenters. The van der Waals surface area contributed by atoms with E-state index >= 15 is 0 Å². The quantitative estimate of drug-likeness (QED) is 0.166. The summed E-state index contributed by atoms with van der Waals surface area (Å²) in [5.74, 6) is 0. The molecule has 4 heteroatoms. The van der Waals surface area contributed by atoms with E-state index in [1.807, 2.05) is 60.7 Å². The minimum atomic E-state index is -0.252. The van der Waals surface area contributed by atoms with E-state index in [0.29, 0.717) is 11.1 Å². The Morgan fingerprint density at radius 1 is 0.382 bits per heavy atom. The number of nitriles is 2. The van der Waals surface area contributed by atoms with Gasteiger partial charge in [0.1, 0.15) is 0 Å². The van der Waals surface area contributed by atoms with Crippen molar-refractivity contribution < 1.29 is 0 Å². The summed E-state index contributed by atoms with van der Waals surface area (Å²) in [5, 5.41) is 21.3. The Balaban J connectivity index is 1.12. The number of benzene rings is 8. The molecule has 0 spiro atoms. The molecule has 0 N–H and O–H groups in total. The second kappa shape index (κ2) is 13.5. The van der Waals surface area contributed by atoms with Crippen LogP contribution in [0.5, 0.6) is 0 Å². The van der Waals surface area contributed by atoms with Crippen LogP contribution in [0.15, 0.2) is 182 Å². The van der Waals surface area contributed by atoms with Gasteiger partial charge in [0.05, 0.1) is 23.3 Å². The van der Waals surface area contributed by atoms with Gasteiger partial charge in [0, 0.05) is 39.5 Å². The smallest absolute Gasteiger partial charge is 0.0991 e. The predicted octanol–water partition coefficient (Wildman–Crippen LogP) is 13.5. The van der Waals surface area contributed by atoms with Gasteiger partial charge in [0.2, 0.25) is 0 Å². The number of rotatable bonds is 7. The molecule has 0 aliphatic heterocycles. The van der Waals surface area contributed by atoms with Crippen molar-refractivity contribution in [3.63, 3.8) is 0 Å². The highest BCUT2D eigenvalue weighted by molar-refractivity contribution is 5.97. The van der Waals surface area contributed by atoms with E-state index in [4.69, 9.17) is 0 Å². The van der Waals surface area contributed by atoms with E-state index in [1.165, 1.54) is 38.6 Å². The number of fused-ring (bicyclic) bond motifs is 4. The molecule has 0 fully saturated rings. The highest BCUT2D eigenvalue weighted by Gasteiger charge is 2.36. The predicted molar refractivity (Wildman–Crippen MR) is 226 cm³/mol. The lowest BCUT2D eigenvalue weighted by Gasteiger charge is -2.28. The molecular weight excluding hydrogens is 669 g/mol. The van der Waals surface area contributed by atoms with Gasteiger partial charge in [-0.05, 0) is 153 Å². The van der Waals surface area contributed by atoms with Crippen LogP contribution in [-0.4, -0.2) is 0 Å². The first-order chi connectivity index (χ1) is 26.9. The van der Waals surface area contributed by atoms with Crippen LogP contribution in [-0.2, 0) is 5.41 Å². The van der Waals surface area contributed by atoms with Crippen LogP contribution in [0.25, 0.3) is 33.0 Å². The third kappa shape index (κ3) is 5.97. The van der Waals surface area contributed by atoms with Gasteiger partial charge in [-0.3, -0.25) is 0 Å². The molecule has 0 heterocycles. The van der Waals surface area contributed by atoms with Gasteiger partial charge in [-0.15, -0.1) is 0 Å². The molecule has 8 aromatic rings. The largest absolute Gasteiger partial charge is 0.310 e. The number of hydrogen-bond acceptors (Lipinski definition) is 4. The molecule has 0 saturated carbocycles. The molecule has 0 unspecified atom stereocenters. The van der Waals surface area contributed by atoms with Crippen LogP contribution in [0.1, 0.15) is 36.1 Å². The average Bonchev–Trinajstić information content (AvgIpc) is 3.46. The van der Waals surface area contributed by atoms with E-state index in [9.17, 15) is 10.5 Å². The lowest BCUT2D eigenvalue weighted by Crippen LogP contribution is -2.16. The van der Waals surface area contributed by atoms with Gasteiger partial charge < -0.3 is 9.80 Å². The zero-order chi connectivity index (χ0) is 37.5. The van der Waals surface area contributed by atoms with Gasteiger partial charge in [0.25, 0.3) is 0 Å². The van der Waals surface area contributed by atoms with Gasteiger partial charge in [0.15, 0.2) is 0 Å². The summed E-state index contributed by atoms with van der Waals surface area (Å²) < 4.78 is 0. The molecule has 1 aliphatic rings. The summed E-state index contributed by atoms with van der Waals surface area (Å²) in [6.45, 7) is 4.64. The van der Waals surface area contributed by atoms with Crippen LogP contribution in [0.2, 0.25) is 0 Å². The van der Waals surface area contributed by atoms with E-state index in [1.54, 1.807) is 0 Å². The third-order valence-corrected chi connectivity index (χ3v) is 10.9. The zero-order valence-corrected chi connectivity index (χ0v) is 30.6. The van der Waals surface area contributed by atoms with Crippen LogP contribution in [0, 0.1) is 22.7 Å². The maximum absolute atomic E-state index is 9.53. The van der Waals surface area contributed by atoms with Crippen molar-refractivity contribution in [2.45, 2.75) is 19.3 Å². The highest BCUT2D eigenvalue weighted by atomic mass is 15.1. The number of nitrogens with zero attached hydrogens (tertiary/aromatic N) is 4. The van der Waals surface area contributed by atoms with Gasteiger partial charge in [-0.1, -0.05) is 86.6 Å². The lowest BCUT2D eigenvalue weighted by molar-refractivity contribution is 0.661. The molecule has 0 radical (unpaired) electrons. The third-order valence-electron chi connectivity index (χ3n) is 10.9. The van der Waals surface area contributed by atoms with Gasteiger partial charge in [-0.2, -0.15) is 10.5 Å². The van der Waals surface area contributed by atoms with Crippen LogP contribution < -0.4 is 9.80 Å². The highest BCUT2D eigenvalue weighted by Crippen LogP contribution is 2.52. The minimum absolute atomic E-state index is 0.252. The Bertz CT molecular complexity index is 2770. The van der Waals surface area contributed by atoms with Gasteiger partial charge in [-0.25, -0.2) is 0 Å². The van der Waals surface area contributed by atoms with Crippen molar-refractivity contribution in [3.05, 3.63) is 204 Å². The molecule has 1 aliphatic carbocycles. The summed E-state index contributed by atoms with van der Waals surface area (Å²) in [7, 11) is 0. The lowest BCUT2D eigenvalue weighted by atomic mass is 9.81. The molecule has 260 valence electrons. The van der Waals surface area contributed by atoms with Crippen LogP contribution in [0.4, 0.5) is 34.1 Å². The van der Waals surface area contributed by atoms with E-state index in [-0.39, 0.29) is 5.41 Å². The Labute approximate surface area is 322 Å². The number of para-hydroxylation sites is 1. The first-order valence-corrected chi connectivity index (χ1v) is 18.5. The maximum Gasteiger partial charge on any atom is 0.0991 e. The first-order valence-electron chi connectivity index (χ1n) is 18.5. The van der Waals surface area contributed by atoms with Crippen LogP contribution >= 0.6 is 0 Å². The monoisotopic (exact) mass is 704 g/mol. The minimum Gasteiger partial charge on any atom is -0.310 e. The summed E-state index contributed by atoms with van der Waals surface area (Å²) >= 11 is 0. The summed E-state index contributed by atoms with van der Waals surface area (Å²) in [5.41, 5.74) is 14.6. The number of hydrogen-bond donors (Lipinski definition) is 0. The topological polar surface area (TPSA) is 54.1 Å². The average molecular weight is 705 g/mol. The van der Waals surface area contributed by atoms with Crippen molar-refractivity contribution in [1.29, 1.82) is 10.5 Å². The fraction of sp³-hybridized carbons (Fsp3) is 0.0588. The van der Waals surface area contributed by atoms with Crippen molar-refractivity contribution >= 4 is 44.9 Å². The fourth-order valence-corrected chi connectivity index (χ4v) is 8.01. The Morgan fingerprint density at radius 2 is 0.836 bits per heavy atom. The van der Waals surface area contributed by atoms with Gasteiger partial charge >= 0.3 is 0 Å². The summed E-state index contributed by atoms with van der Waals surface area (Å²) in [4.78, 5) is 4.52. The maximum atomic E-state index is 9.53. The molecule has 0 saturated heterocycles. The van der Waals surface area contributed by atoms with E-state index in [2.05, 4.69) is 157 Å². The van der Waals surface area contributed by atoms with Crippen molar-refractivity contribution in [1.82, 2.24) is 0 Å². The van der Waals surface area contributed by atoms with Crippen LogP contribution in [0.3, 0.4) is 0 Å². The zero-order valence-electron chi connectivity index (χ0n) is 30.6. The standard InChI is InChI=1S/C51H36N4/c1-51(2)49-31-40-29-45(55(43-22-15-36(34-53)16-23-43)44-24-17-38(18-25-44)37-9-5-3-6-10-37)26-19-39(40)30-48(49)47-28-27-46(32-50(47)51)54(41-11-7-4-8-12-41)42-20-13-35(33-52)14-21-42/h3-32H,1-2H3. The molecule has 8 aromatic carbocycles. The molecule has 0 amide bonds. The summed E-state index contributed by atoms with van der Waals surface area (Å²) in [6, 6.07) is 67.8. The second-order valence-electron chi connectivity index (χ2n) is 14.5. The number of anilines is 6. The molecular formula is C51H36N4. The Kier molecular flexibility index (Phi) is 8.23. The summed E-state index contributed by atoms with van der Waals surface area (Å²) in [6.07, 6.45) is 0. The molecule has 0 aromatic heterocycles. The second-order valence-corrected chi connectivity index (χ2v) is 14.5. The Morgan fingerprint density at radius 3 is 1.42 bits per heavy atom. The Hall–Kier alpha value is -7.40. The van der Waals surface area contributed by atoms with E-state index in [0.717, 1.165) is 39.7 Å². The molecule has 4 nitrogen and oxygen atoms in total. The normalized spacial score (nSPS) is 12.3. The molecule has 0 bridgehead atoms. The fourth-order valence-electron chi connectivity index (χ4n) is 8.01.